The van der Waals surface area contributed by atoms with Gasteiger partial charge in [0.2, 0.25) is 5.91 Å². The van der Waals surface area contributed by atoms with Crippen LogP contribution >= 0.6 is 0 Å². The molecule has 0 unspecified atom stereocenters. The van der Waals surface area contributed by atoms with E-state index in [0.29, 0.717) is 12.8 Å². The highest BCUT2D eigenvalue weighted by atomic mass is 19.3. The number of carbonyl (C=O) groups is 1. The molecule has 1 fully saturated rings. The molecule has 0 aliphatic heterocycles. The van der Waals surface area contributed by atoms with E-state index in [4.69, 9.17) is 5.11 Å². The van der Waals surface area contributed by atoms with Gasteiger partial charge < -0.3 is 10.0 Å². The number of nitrogens with zero attached hydrogens (tertiary/aromatic N) is 1. The average molecular weight is 269 g/mol. The summed E-state index contributed by atoms with van der Waals surface area (Å²) in [5, 5.41) is 8.92. The van der Waals surface area contributed by atoms with E-state index in [-0.39, 0.29) is 19.1 Å². The third-order valence-electron chi connectivity index (χ3n) is 3.50. The number of amides is 1. The summed E-state index contributed by atoms with van der Waals surface area (Å²) in [6, 6.07) is 9.24. The van der Waals surface area contributed by atoms with Crippen LogP contribution in [0.5, 0.6) is 0 Å². The van der Waals surface area contributed by atoms with Crippen molar-refractivity contribution in [2.24, 2.45) is 0 Å². The van der Waals surface area contributed by atoms with E-state index in [9.17, 15) is 13.6 Å². The smallest absolute Gasteiger partial charge is 0.255 e. The maximum Gasteiger partial charge on any atom is 0.255 e. The van der Waals surface area contributed by atoms with E-state index in [1.807, 2.05) is 30.3 Å². The first-order valence-corrected chi connectivity index (χ1v) is 6.34. The lowest BCUT2D eigenvalue weighted by molar-refractivity contribution is -0.136. The van der Waals surface area contributed by atoms with Crippen LogP contribution in [0.1, 0.15) is 18.4 Å². The van der Waals surface area contributed by atoms with E-state index in [1.165, 1.54) is 0 Å². The zero-order chi connectivity index (χ0) is 13.9. The van der Waals surface area contributed by atoms with E-state index < -0.39 is 18.4 Å². The van der Waals surface area contributed by atoms with Crippen molar-refractivity contribution in [1.29, 1.82) is 0 Å². The molecule has 1 saturated carbocycles. The van der Waals surface area contributed by atoms with Crippen molar-refractivity contribution in [3.8, 4) is 0 Å². The van der Waals surface area contributed by atoms with Crippen LogP contribution in [-0.4, -0.2) is 42.0 Å². The Morgan fingerprint density at radius 3 is 2.42 bits per heavy atom. The SMILES string of the molecule is O=C(N(CCO)CC(F)F)C1(c2ccccc2)CC1. The molecular weight excluding hydrogens is 252 g/mol. The number of alkyl halides is 2. The van der Waals surface area contributed by atoms with E-state index in [0.717, 1.165) is 10.5 Å². The van der Waals surface area contributed by atoms with Crippen molar-refractivity contribution < 1.29 is 18.7 Å². The van der Waals surface area contributed by atoms with Crippen LogP contribution in [0.4, 0.5) is 8.78 Å². The molecule has 0 radical (unpaired) electrons. The first kappa shape index (κ1) is 13.9. The number of benzene rings is 1. The van der Waals surface area contributed by atoms with Crippen LogP contribution in [0.2, 0.25) is 0 Å². The third-order valence-corrected chi connectivity index (χ3v) is 3.50. The van der Waals surface area contributed by atoms with Gasteiger partial charge in [-0.3, -0.25) is 4.79 Å². The summed E-state index contributed by atoms with van der Waals surface area (Å²) in [6.07, 6.45) is -1.22. The van der Waals surface area contributed by atoms with Crippen molar-refractivity contribution >= 4 is 5.91 Å². The van der Waals surface area contributed by atoms with E-state index >= 15 is 0 Å². The molecule has 1 aliphatic carbocycles. The molecule has 1 amide bonds. The second kappa shape index (κ2) is 5.65. The molecule has 0 bridgehead atoms. The molecule has 0 atom stereocenters. The molecular formula is C14H17F2NO2. The van der Waals surface area contributed by atoms with Crippen molar-refractivity contribution in [1.82, 2.24) is 4.90 Å². The highest BCUT2D eigenvalue weighted by Gasteiger charge is 2.53. The van der Waals surface area contributed by atoms with Gasteiger partial charge in [0.15, 0.2) is 0 Å². The van der Waals surface area contributed by atoms with Gasteiger partial charge in [-0.15, -0.1) is 0 Å². The maximum atomic E-state index is 12.5. The number of aliphatic hydroxyl groups excluding tert-OH is 1. The van der Waals surface area contributed by atoms with E-state index in [2.05, 4.69) is 0 Å². The Balaban J connectivity index is 2.17. The fourth-order valence-electron chi connectivity index (χ4n) is 2.37. The lowest BCUT2D eigenvalue weighted by atomic mass is 9.94. The van der Waals surface area contributed by atoms with Gasteiger partial charge in [0.05, 0.1) is 18.6 Å². The summed E-state index contributed by atoms with van der Waals surface area (Å²) in [7, 11) is 0. The minimum Gasteiger partial charge on any atom is -0.395 e. The molecule has 0 heterocycles. The zero-order valence-electron chi connectivity index (χ0n) is 10.6. The summed E-state index contributed by atoms with van der Waals surface area (Å²) in [6.45, 7) is -0.963. The van der Waals surface area contributed by atoms with Gasteiger partial charge in [0.1, 0.15) is 0 Å². The fraction of sp³-hybridized carbons (Fsp3) is 0.500. The highest BCUT2D eigenvalue weighted by molar-refractivity contribution is 5.91. The van der Waals surface area contributed by atoms with Crippen molar-refractivity contribution in [3.05, 3.63) is 35.9 Å². The second-order valence-corrected chi connectivity index (χ2v) is 4.81. The van der Waals surface area contributed by atoms with E-state index in [1.54, 1.807) is 0 Å². The van der Waals surface area contributed by atoms with Crippen LogP contribution in [-0.2, 0) is 10.2 Å². The molecule has 0 spiro atoms. The lowest BCUT2D eigenvalue weighted by Gasteiger charge is -2.26. The van der Waals surface area contributed by atoms with Crippen molar-refractivity contribution in [2.45, 2.75) is 24.7 Å². The van der Waals surface area contributed by atoms with Gasteiger partial charge in [-0.05, 0) is 18.4 Å². The number of aliphatic hydroxyl groups is 1. The summed E-state index contributed by atoms with van der Waals surface area (Å²) < 4.78 is 25.0. The van der Waals surface area contributed by atoms with Gasteiger partial charge in [-0.25, -0.2) is 8.78 Å². The molecule has 2 rings (SSSR count). The first-order valence-electron chi connectivity index (χ1n) is 6.34. The Kier molecular flexibility index (Phi) is 4.14. The van der Waals surface area contributed by atoms with Crippen LogP contribution in [0, 0.1) is 0 Å². The Morgan fingerprint density at radius 2 is 1.95 bits per heavy atom. The van der Waals surface area contributed by atoms with Crippen LogP contribution < -0.4 is 0 Å². The molecule has 0 saturated heterocycles. The molecule has 1 N–H and O–H groups in total. The minimum absolute atomic E-state index is 0.0439. The predicted octanol–water partition coefficient (Wildman–Crippen LogP) is 1.80. The van der Waals surface area contributed by atoms with Crippen LogP contribution in [0.3, 0.4) is 0 Å². The lowest BCUT2D eigenvalue weighted by Crippen LogP contribution is -2.43. The monoisotopic (exact) mass is 269 g/mol. The molecule has 1 aromatic rings. The predicted molar refractivity (Wildman–Crippen MR) is 67.0 cm³/mol. The number of hydrogen-bond donors (Lipinski definition) is 1. The standard InChI is InChI=1S/C14H17F2NO2/c15-12(16)10-17(8-9-18)13(19)14(6-7-14)11-4-2-1-3-5-11/h1-5,12,18H,6-10H2. The Labute approximate surface area is 110 Å². The first-order chi connectivity index (χ1) is 9.10. The third kappa shape index (κ3) is 2.92. The van der Waals surface area contributed by atoms with Gasteiger partial charge >= 0.3 is 0 Å². The van der Waals surface area contributed by atoms with Gasteiger partial charge in [-0.1, -0.05) is 30.3 Å². The zero-order valence-corrected chi connectivity index (χ0v) is 10.6. The molecule has 19 heavy (non-hydrogen) atoms. The molecule has 1 aliphatic rings. The average Bonchev–Trinajstić information content (AvgIpc) is 3.19. The normalized spacial score (nSPS) is 16.4. The quantitative estimate of drug-likeness (QED) is 0.855. The Bertz CT molecular complexity index is 432. The van der Waals surface area contributed by atoms with Crippen molar-refractivity contribution in [2.75, 3.05) is 19.7 Å². The van der Waals surface area contributed by atoms with Crippen LogP contribution in [0.15, 0.2) is 30.3 Å². The number of rotatable bonds is 6. The minimum atomic E-state index is -2.58. The Hall–Kier alpha value is -1.49. The topological polar surface area (TPSA) is 40.5 Å². The summed E-state index contributed by atoms with van der Waals surface area (Å²) >= 11 is 0. The Morgan fingerprint density at radius 1 is 1.32 bits per heavy atom. The van der Waals surface area contributed by atoms with Crippen LogP contribution in [0.25, 0.3) is 0 Å². The molecule has 104 valence electrons. The van der Waals surface area contributed by atoms with Gasteiger partial charge in [0, 0.05) is 6.54 Å². The highest BCUT2D eigenvalue weighted by Crippen LogP contribution is 2.49. The molecule has 3 nitrogen and oxygen atoms in total. The second-order valence-electron chi connectivity index (χ2n) is 4.81. The molecule has 1 aromatic carbocycles. The fourth-order valence-corrected chi connectivity index (χ4v) is 2.37. The summed E-state index contributed by atoms with van der Waals surface area (Å²) in [5.41, 5.74) is 0.225. The maximum absolute atomic E-state index is 12.5. The summed E-state index contributed by atoms with van der Waals surface area (Å²) in [5.74, 6) is -0.298. The number of carbonyl (C=O) groups excluding carboxylic acids is 1. The molecule has 0 aromatic heterocycles. The number of hydrogen-bond acceptors (Lipinski definition) is 2. The summed E-state index contributed by atoms with van der Waals surface area (Å²) in [4.78, 5) is 13.5. The van der Waals surface area contributed by atoms with Crippen molar-refractivity contribution in [3.63, 3.8) is 0 Å². The number of halogens is 2. The molecule has 5 heteroatoms. The van der Waals surface area contributed by atoms with Gasteiger partial charge in [-0.2, -0.15) is 0 Å². The largest absolute Gasteiger partial charge is 0.395 e. The van der Waals surface area contributed by atoms with Gasteiger partial charge in [0.25, 0.3) is 6.43 Å².